The van der Waals surface area contributed by atoms with Gasteiger partial charge in [-0.05, 0) is 49.4 Å². The summed E-state index contributed by atoms with van der Waals surface area (Å²) in [6.07, 6.45) is 1.88. The van der Waals surface area contributed by atoms with Crippen molar-refractivity contribution < 1.29 is 14.3 Å². The molecule has 0 spiro atoms. The molecule has 1 aliphatic heterocycles. The lowest BCUT2D eigenvalue weighted by molar-refractivity contribution is -0.145. The number of carbonyl (C=O) groups is 2. The van der Waals surface area contributed by atoms with Crippen molar-refractivity contribution in [3.63, 3.8) is 0 Å². The van der Waals surface area contributed by atoms with E-state index < -0.39 is 0 Å². The zero-order chi connectivity index (χ0) is 14.7. The Morgan fingerprint density at radius 1 is 1.38 bits per heavy atom. The first-order valence-corrected chi connectivity index (χ1v) is 8.11. The van der Waals surface area contributed by atoms with E-state index in [0.717, 1.165) is 28.6 Å². The third-order valence-electron chi connectivity index (χ3n) is 5.23. The molecule has 1 saturated heterocycles. The van der Waals surface area contributed by atoms with Crippen LogP contribution in [0.1, 0.15) is 18.4 Å². The van der Waals surface area contributed by atoms with E-state index in [0.29, 0.717) is 5.92 Å². The highest BCUT2D eigenvalue weighted by Gasteiger charge is 2.63. The molecule has 21 heavy (non-hydrogen) atoms. The number of esters is 1. The maximum absolute atomic E-state index is 12.6. The summed E-state index contributed by atoms with van der Waals surface area (Å²) >= 11 is 3.42. The van der Waals surface area contributed by atoms with Gasteiger partial charge in [-0.25, -0.2) is 0 Å². The molecule has 3 aliphatic rings. The van der Waals surface area contributed by atoms with Crippen molar-refractivity contribution >= 4 is 33.5 Å². The Labute approximate surface area is 131 Å². The molecule has 1 amide bonds. The van der Waals surface area contributed by atoms with E-state index in [2.05, 4.69) is 21.2 Å². The fourth-order valence-corrected chi connectivity index (χ4v) is 4.82. The summed E-state index contributed by atoms with van der Waals surface area (Å²) < 4.78 is 6.37. The van der Waals surface area contributed by atoms with Crippen molar-refractivity contribution in [3.8, 4) is 0 Å². The van der Waals surface area contributed by atoms with Gasteiger partial charge in [-0.2, -0.15) is 0 Å². The normalized spacial score (nSPS) is 35.9. The lowest BCUT2D eigenvalue weighted by Gasteiger charge is -2.24. The minimum Gasteiger partial charge on any atom is -0.462 e. The van der Waals surface area contributed by atoms with Crippen LogP contribution < -0.4 is 5.32 Å². The van der Waals surface area contributed by atoms with Gasteiger partial charge in [-0.1, -0.05) is 15.9 Å². The number of hydrogen-bond acceptors (Lipinski definition) is 3. The van der Waals surface area contributed by atoms with Crippen LogP contribution in [0, 0.1) is 30.6 Å². The van der Waals surface area contributed by atoms with E-state index in [1.54, 1.807) is 0 Å². The second kappa shape index (κ2) is 4.57. The molecule has 1 heterocycles. The van der Waals surface area contributed by atoms with Gasteiger partial charge >= 0.3 is 5.97 Å². The fourth-order valence-electron chi connectivity index (χ4n) is 4.35. The van der Waals surface area contributed by atoms with Crippen molar-refractivity contribution in [3.05, 3.63) is 28.2 Å². The Hall–Kier alpha value is -1.36. The third-order valence-corrected chi connectivity index (χ3v) is 5.73. The van der Waals surface area contributed by atoms with Crippen molar-refractivity contribution in [2.45, 2.75) is 25.9 Å². The van der Waals surface area contributed by atoms with E-state index in [1.165, 1.54) is 0 Å². The first-order chi connectivity index (χ1) is 10.0. The predicted molar refractivity (Wildman–Crippen MR) is 80.6 cm³/mol. The highest BCUT2D eigenvalue weighted by atomic mass is 79.9. The molecule has 1 aromatic rings. The van der Waals surface area contributed by atoms with Gasteiger partial charge in [0.1, 0.15) is 6.10 Å². The number of rotatable bonds is 2. The molecule has 110 valence electrons. The molecule has 1 aromatic carbocycles. The van der Waals surface area contributed by atoms with Crippen LogP contribution in [-0.2, 0) is 14.3 Å². The van der Waals surface area contributed by atoms with E-state index in [1.807, 2.05) is 25.1 Å². The first-order valence-electron chi connectivity index (χ1n) is 7.32. The lowest BCUT2D eigenvalue weighted by Crippen LogP contribution is -2.36. The van der Waals surface area contributed by atoms with Gasteiger partial charge in [0.05, 0.1) is 11.8 Å². The van der Waals surface area contributed by atoms with Crippen LogP contribution >= 0.6 is 15.9 Å². The molecule has 0 unspecified atom stereocenters. The molecule has 1 N–H and O–H groups in total. The first kappa shape index (κ1) is 13.3. The van der Waals surface area contributed by atoms with Gasteiger partial charge < -0.3 is 10.1 Å². The lowest BCUT2D eigenvalue weighted by atomic mass is 9.79. The summed E-state index contributed by atoms with van der Waals surface area (Å²) in [5, 5.41) is 3.00. The molecular formula is C16H16BrNO3. The summed E-state index contributed by atoms with van der Waals surface area (Å²) in [5.41, 5.74) is 1.82. The van der Waals surface area contributed by atoms with Gasteiger partial charge in [0.25, 0.3) is 0 Å². The zero-order valence-electron chi connectivity index (χ0n) is 11.6. The number of amides is 1. The Bertz CT molecular complexity index is 642. The maximum atomic E-state index is 12.6. The molecule has 5 heteroatoms. The van der Waals surface area contributed by atoms with Crippen molar-refractivity contribution in [2.75, 3.05) is 5.32 Å². The number of nitrogens with one attached hydrogen (secondary N) is 1. The van der Waals surface area contributed by atoms with E-state index >= 15 is 0 Å². The topological polar surface area (TPSA) is 55.4 Å². The van der Waals surface area contributed by atoms with Crippen LogP contribution in [0.25, 0.3) is 0 Å². The molecule has 2 aliphatic carbocycles. The van der Waals surface area contributed by atoms with Crippen LogP contribution in [0.3, 0.4) is 0 Å². The quantitative estimate of drug-likeness (QED) is 0.835. The highest BCUT2D eigenvalue weighted by Crippen LogP contribution is 2.57. The predicted octanol–water partition coefficient (Wildman–Crippen LogP) is 2.89. The van der Waals surface area contributed by atoms with E-state index in [-0.39, 0.29) is 35.7 Å². The minimum atomic E-state index is -0.218. The second-order valence-corrected chi connectivity index (χ2v) is 7.29. The van der Waals surface area contributed by atoms with Crippen molar-refractivity contribution in [1.82, 2.24) is 0 Å². The van der Waals surface area contributed by atoms with Crippen LogP contribution in [-0.4, -0.2) is 18.0 Å². The molecule has 2 bridgehead atoms. The van der Waals surface area contributed by atoms with Crippen molar-refractivity contribution in [1.29, 1.82) is 0 Å². The molecule has 0 aromatic heterocycles. The Balaban J connectivity index is 1.57. The smallest absolute Gasteiger partial charge is 0.310 e. The summed E-state index contributed by atoms with van der Waals surface area (Å²) in [6, 6.07) is 5.76. The fraction of sp³-hybridized carbons (Fsp3) is 0.500. The van der Waals surface area contributed by atoms with Gasteiger partial charge in [0.2, 0.25) is 5.91 Å². The molecule has 4 nitrogen and oxygen atoms in total. The number of halogens is 1. The number of ether oxygens (including phenoxy) is 1. The molecular weight excluding hydrogens is 334 g/mol. The molecule has 3 fully saturated rings. The zero-order valence-corrected chi connectivity index (χ0v) is 13.2. The average Bonchev–Trinajstić information content (AvgIpc) is 3.02. The van der Waals surface area contributed by atoms with Crippen LogP contribution in [0.4, 0.5) is 5.69 Å². The molecule has 0 radical (unpaired) electrons. The van der Waals surface area contributed by atoms with Gasteiger partial charge in [0, 0.05) is 16.1 Å². The highest BCUT2D eigenvalue weighted by molar-refractivity contribution is 9.10. The molecule has 5 atom stereocenters. The Kier molecular flexibility index (Phi) is 2.89. The number of carbonyl (C=O) groups excluding carboxylic acids is 2. The number of hydrogen-bond donors (Lipinski definition) is 1. The van der Waals surface area contributed by atoms with Crippen LogP contribution in [0.5, 0.6) is 0 Å². The standard InChI is InChI=1S/C16H16BrNO3/c1-7-4-9(17)2-3-11(7)18-15(19)13-8-5-10-12(6-8)21-16(20)14(10)13/h2-4,8,10,12-14H,5-6H2,1H3,(H,18,19)/t8-,10-,12-,13-,14+/m1/s1. The van der Waals surface area contributed by atoms with E-state index in [4.69, 9.17) is 4.74 Å². The summed E-state index contributed by atoms with van der Waals surface area (Å²) in [4.78, 5) is 24.6. The number of benzene rings is 1. The number of aryl methyl sites for hydroxylation is 1. The second-order valence-electron chi connectivity index (χ2n) is 6.37. The Morgan fingerprint density at radius 2 is 2.19 bits per heavy atom. The number of anilines is 1. The third kappa shape index (κ3) is 1.94. The van der Waals surface area contributed by atoms with E-state index in [9.17, 15) is 9.59 Å². The number of fused-ring (bicyclic) bond motifs is 1. The SMILES string of the molecule is Cc1cc(Br)ccc1NC(=O)[C@@H]1[C@@H]2C[C@H]3[C@@H]1C(=O)O[C@@H]3C2. The van der Waals surface area contributed by atoms with Crippen LogP contribution in [0.15, 0.2) is 22.7 Å². The summed E-state index contributed by atoms with van der Waals surface area (Å²) in [7, 11) is 0. The molecule has 4 rings (SSSR count). The monoisotopic (exact) mass is 349 g/mol. The summed E-state index contributed by atoms with van der Waals surface area (Å²) in [5.74, 6) is -0.0711. The Morgan fingerprint density at radius 3 is 2.95 bits per heavy atom. The average molecular weight is 350 g/mol. The van der Waals surface area contributed by atoms with Gasteiger partial charge in [0.15, 0.2) is 0 Å². The van der Waals surface area contributed by atoms with Gasteiger partial charge in [-0.3, -0.25) is 9.59 Å². The van der Waals surface area contributed by atoms with Crippen molar-refractivity contribution in [2.24, 2.45) is 23.7 Å². The summed E-state index contributed by atoms with van der Waals surface area (Å²) in [6.45, 7) is 1.96. The van der Waals surface area contributed by atoms with Gasteiger partial charge in [-0.15, -0.1) is 0 Å². The maximum Gasteiger partial charge on any atom is 0.310 e. The largest absolute Gasteiger partial charge is 0.462 e. The minimum absolute atomic E-state index is 0.0322. The van der Waals surface area contributed by atoms with Crippen LogP contribution in [0.2, 0.25) is 0 Å². The molecule has 2 saturated carbocycles.